The number of hydrogen-bond acceptors (Lipinski definition) is 9. The summed E-state index contributed by atoms with van der Waals surface area (Å²) in [6.07, 6.45) is 1.68. The summed E-state index contributed by atoms with van der Waals surface area (Å²) in [6.45, 7) is 0. The zero-order valence-electron chi connectivity index (χ0n) is 16.7. The van der Waals surface area contributed by atoms with Crippen LogP contribution in [0.25, 0.3) is 6.08 Å². The van der Waals surface area contributed by atoms with Crippen molar-refractivity contribution in [2.24, 2.45) is 10.1 Å². The number of carbonyl (C=O) groups is 1. The molecule has 3 rings (SSSR count). The molecule has 0 saturated carbocycles. The molecular weight excluding hydrogens is 446 g/mol. The molecule has 164 valence electrons. The number of thioether (sulfide) groups is 1. The van der Waals surface area contributed by atoms with Crippen molar-refractivity contribution in [3.8, 4) is 23.0 Å². The van der Waals surface area contributed by atoms with E-state index in [1.165, 1.54) is 45.6 Å². The average Bonchev–Trinajstić information content (AvgIpc) is 3.06. The van der Waals surface area contributed by atoms with Gasteiger partial charge in [-0.15, -0.1) is 0 Å². The van der Waals surface area contributed by atoms with Crippen LogP contribution in [0.2, 0.25) is 0 Å². The van der Waals surface area contributed by atoms with E-state index in [-0.39, 0.29) is 11.7 Å². The van der Waals surface area contributed by atoms with Gasteiger partial charge in [0.2, 0.25) is 5.75 Å². The molecule has 0 bridgehead atoms. The molecule has 31 heavy (non-hydrogen) atoms. The van der Waals surface area contributed by atoms with E-state index in [9.17, 15) is 13.2 Å². The van der Waals surface area contributed by atoms with E-state index >= 15 is 0 Å². The number of hydrogen-bond donors (Lipinski definition) is 2. The van der Waals surface area contributed by atoms with Gasteiger partial charge in [0.25, 0.3) is 5.91 Å². The van der Waals surface area contributed by atoms with Crippen molar-refractivity contribution >= 4 is 44.9 Å². The van der Waals surface area contributed by atoms with Crippen molar-refractivity contribution in [3.05, 3.63) is 46.9 Å². The van der Waals surface area contributed by atoms with Crippen LogP contribution in [0.5, 0.6) is 23.0 Å². The molecule has 0 aromatic heterocycles. The van der Waals surface area contributed by atoms with Gasteiger partial charge in [0.05, 0.1) is 31.9 Å². The van der Waals surface area contributed by atoms with Crippen LogP contribution in [-0.4, -0.2) is 40.8 Å². The monoisotopic (exact) mass is 465 g/mol. The molecule has 12 heteroatoms. The lowest BCUT2D eigenvalue weighted by atomic mass is 10.1. The van der Waals surface area contributed by atoms with E-state index in [0.29, 0.717) is 38.6 Å². The van der Waals surface area contributed by atoms with Crippen molar-refractivity contribution in [1.29, 1.82) is 0 Å². The molecule has 0 aliphatic carbocycles. The summed E-state index contributed by atoms with van der Waals surface area (Å²) in [5, 5.41) is 7.87. The number of carbonyl (C=O) groups excluding carboxylic acids is 1. The molecule has 10 nitrogen and oxygen atoms in total. The van der Waals surface area contributed by atoms with Crippen LogP contribution in [-0.2, 0) is 15.1 Å². The van der Waals surface area contributed by atoms with E-state index in [0.717, 1.165) is 11.8 Å². The molecule has 1 aliphatic rings. The van der Waals surface area contributed by atoms with Crippen molar-refractivity contribution in [1.82, 2.24) is 5.32 Å². The van der Waals surface area contributed by atoms with E-state index < -0.39 is 10.3 Å². The Hall–Kier alpha value is -3.22. The Morgan fingerprint density at radius 3 is 2.16 bits per heavy atom. The summed E-state index contributed by atoms with van der Waals surface area (Å²) in [6, 6.07) is 9.31. The van der Waals surface area contributed by atoms with Gasteiger partial charge in [0, 0.05) is 0 Å². The van der Waals surface area contributed by atoms with Crippen LogP contribution in [0.3, 0.4) is 0 Å². The molecule has 0 spiro atoms. The number of rotatable bonds is 7. The second-order valence-corrected chi connectivity index (χ2v) is 8.19. The van der Waals surface area contributed by atoms with Crippen molar-refractivity contribution in [3.63, 3.8) is 0 Å². The third kappa shape index (κ3) is 5.69. The van der Waals surface area contributed by atoms with Crippen LogP contribution in [0.15, 0.2) is 46.3 Å². The number of methoxy groups -OCH3 is 3. The lowest BCUT2D eigenvalue weighted by molar-refractivity contribution is -0.115. The molecule has 1 fully saturated rings. The number of amidine groups is 1. The molecular formula is C19H19N3O7S2. The predicted octanol–water partition coefficient (Wildman–Crippen LogP) is 2.19. The van der Waals surface area contributed by atoms with Gasteiger partial charge in [0.15, 0.2) is 16.7 Å². The highest BCUT2D eigenvalue weighted by atomic mass is 32.2. The van der Waals surface area contributed by atoms with Gasteiger partial charge in [-0.1, -0.05) is 0 Å². The zero-order chi connectivity index (χ0) is 22.6. The van der Waals surface area contributed by atoms with Crippen molar-refractivity contribution in [2.45, 2.75) is 0 Å². The summed E-state index contributed by atoms with van der Waals surface area (Å²) >= 11 is 1.15. The number of nitrogens with two attached hydrogens (primary N) is 1. The number of ether oxygens (including phenoxy) is 3. The third-order valence-electron chi connectivity index (χ3n) is 3.92. The fourth-order valence-corrected chi connectivity index (χ4v) is 3.87. The molecule has 0 radical (unpaired) electrons. The second kappa shape index (κ2) is 9.29. The first-order valence-electron chi connectivity index (χ1n) is 8.64. The smallest absolute Gasteiger partial charge is 0.380 e. The fourth-order valence-electron chi connectivity index (χ4n) is 2.64. The SMILES string of the molecule is COc1cc(/C=C2/SC(=Nc3ccc(OS(N)(=O)=O)cc3)NC2=O)cc(OC)c1OC. The predicted molar refractivity (Wildman–Crippen MR) is 117 cm³/mol. The van der Waals surface area contributed by atoms with Gasteiger partial charge >= 0.3 is 10.3 Å². The first-order valence-corrected chi connectivity index (χ1v) is 10.9. The molecule has 1 saturated heterocycles. The summed E-state index contributed by atoms with van der Waals surface area (Å²) in [4.78, 5) is 17.1. The van der Waals surface area contributed by atoms with Crippen LogP contribution >= 0.6 is 11.8 Å². The molecule has 0 atom stereocenters. The van der Waals surface area contributed by atoms with Gasteiger partial charge in [-0.25, -0.2) is 4.99 Å². The highest BCUT2D eigenvalue weighted by Gasteiger charge is 2.24. The minimum atomic E-state index is -4.10. The standard InChI is InChI=1S/C19H19N3O7S2/c1-26-14-8-11(9-15(27-2)17(14)28-3)10-16-18(23)22-19(30-16)21-12-4-6-13(7-5-12)29-31(20,24)25/h4-10H,1-3H3,(H2,20,24,25)(H,21,22,23)/b16-10+. The van der Waals surface area contributed by atoms with Gasteiger partial charge in [-0.05, 0) is 59.8 Å². The summed E-state index contributed by atoms with van der Waals surface area (Å²) < 4.78 is 42.4. The Morgan fingerprint density at radius 2 is 1.65 bits per heavy atom. The van der Waals surface area contributed by atoms with Gasteiger partial charge < -0.3 is 23.7 Å². The Balaban J connectivity index is 1.82. The summed E-state index contributed by atoms with van der Waals surface area (Å²) in [5.74, 6) is 1.12. The second-order valence-electron chi connectivity index (χ2n) is 6.01. The minimum Gasteiger partial charge on any atom is -0.493 e. The Kier molecular flexibility index (Phi) is 6.73. The molecule has 1 aliphatic heterocycles. The lowest BCUT2D eigenvalue weighted by Gasteiger charge is -2.12. The van der Waals surface area contributed by atoms with E-state index in [1.54, 1.807) is 18.2 Å². The lowest BCUT2D eigenvalue weighted by Crippen LogP contribution is -2.19. The maximum Gasteiger partial charge on any atom is 0.380 e. The Bertz CT molecular complexity index is 1130. The number of nitrogens with one attached hydrogen (secondary N) is 1. The Labute approximate surface area is 183 Å². The normalized spacial score (nSPS) is 16.3. The van der Waals surface area contributed by atoms with Crippen LogP contribution in [0.4, 0.5) is 5.69 Å². The largest absolute Gasteiger partial charge is 0.493 e. The molecule has 0 unspecified atom stereocenters. The maximum atomic E-state index is 12.4. The van der Waals surface area contributed by atoms with Crippen molar-refractivity contribution in [2.75, 3.05) is 21.3 Å². The maximum absolute atomic E-state index is 12.4. The van der Waals surface area contributed by atoms with Crippen molar-refractivity contribution < 1.29 is 31.6 Å². The molecule has 1 heterocycles. The van der Waals surface area contributed by atoms with Gasteiger partial charge in [0.1, 0.15) is 5.75 Å². The zero-order valence-corrected chi connectivity index (χ0v) is 18.4. The van der Waals surface area contributed by atoms with Gasteiger partial charge in [-0.3, -0.25) is 4.79 Å². The first-order chi connectivity index (χ1) is 14.7. The number of nitrogens with zero attached hydrogens (tertiary/aromatic N) is 1. The van der Waals surface area contributed by atoms with E-state index in [1.807, 2.05) is 0 Å². The molecule has 2 aromatic rings. The third-order valence-corrected chi connectivity index (χ3v) is 5.25. The number of aliphatic imine (C=N–C) groups is 1. The van der Waals surface area contributed by atoms with Crippen LogP contribution < -0.4 is 28.8 Å². The summed E-state index contributed by atoms with van der Waals surface area (Å²) in [7, 11) is 0.426. The quantitative estimate of drug-likeness (QED) is 0.594. The highest BCUT2D eigenvalue weighted by molar-refractivity contribution is 8.18. The fraction of sp³-hybridized carbons (Fsp3) is 0.158. The van der Waals surface area contributed by atoms with Crippen LogP contribution in [0.1, 0.15) is 5.56 Å². The highest BCUT2D eigenvalue weighted by Crippen LogP contribution is 2.39. The number of amides is 1. The van der Waals surface area contributed by atoms with Gasteiger partial charge in [-0.2, -0.15) is 13.6 Å². The number of benzene rings is 2. The molecule has 2 aromatic carbocycles. The summed E-state index contributed by atoms with van der Waals surface area (Å²) in [5.41, 5.74) is 1.16. The molecule has 3 N–H and O–H groups in total. The van der Waals surface area contributed by atoms with Crippen LogP contribution in [0, 0.1) is 0 Å². The average molecular weight is 466 g/mol. The van der Waals surface area contributed by atoms with E-state index in [2.05, 4.69) is 14.5 Å². The Morgan fingerprint density at radius 1 is 1.03 bits per heavy atom. The molecule has 1 amide bonds. The topological polar surface area (TPSA) is 139 Å². The minimum absolute atomic E-state index is 0.0533. The van der Waals surface area contributed by atoms with E-state index in [4.69, 9.17) is 19.3 Å². The first kappa shape index (κ1) is 22.5.